The molecule has 0 bridgehead atoms. The maximum absolute atomic E-state index is 15.0. The third kappa shape index (κ3) is 4.79. The van der Waals surface area contributed by atoms with Crippen molar-refractivity contribution in [3.05, 3.63) is 58.9 Å². The van der Waals surface area contributed by atoms with E-state index < -0.39 is 48.1 Å². The number of rotatable bonds is 5. The zero-order chi connectivity index (χ0) is 22.8. The van der Waals surface area contributed by atoms with Crippen LogP contribution in [0.2, 0.25) is 0 Å². The summed E-state index contributed by atoms with van der Waals surface area (Å²) in [7, 11) is 1.24. The molecule has 2 atom stereocenters. The number of methoxy groups -OCH3 is 1. The van der Waals surface area contributed by atoms with E-state index in [9.17, 15) is 22.8 Å². The van der Waals surface area contributed by atoms with Crippen LogP contribution in [0.5, 0.6) is 5.75 Å². The number of alkyl halides is 3. The van der Waals surface area contributed by atoms with Gasteiger partial charge in [0.15, 0.2) is 11.6 Å². The van der Waals surface area contributed by atoms with E-state index in [1.54, 1.807) is 6.92 Å². The van der Waals surface area contributed by atoms with E-state index in [-0.39, 0.29) is 29.2 Å². The SMILES string of the molecule is CCOC(=O)C[C@@H]1O[C@@H](c2cccc(OC)c2F)c2cc(C(F)(F)F)ccc2NC1=O. The Morgan fingerprint density at radius 1 is 1.19 bits per heavy atom. The number of carbonyl (C=O) groups excluding carboxylic acids is 2. The summed E-state index contributed by atoms with van der Waals surface area (Å²) in [4.78, 5) is 24.5. The fourth-order valence-corrected chi connectivity index (χ4v) is 3.22. The molecule has 1 aliphatic rings. The molecular weight excluding hydrogens is 422 g/mol. The average Bonchev–Trinajstić information content (AvgIpc) is 2.84. The number of anilines is 1. The molecule has 1 aliphatic heterocycles. The second kappa shape index (κ2) is 8.93. The monoisotopic (exact) mass is 441 g/mol. The van der Waals surface area contributed by atoms with E-state index >= 15 is 4.39 Å². The molecule has 0 aliphatic carbocycles. The summed E-state index contributed by atoms with van der Waals surface area (Å²) in [5.41, 5.74) is -1.25. The van der Waals surface area contributed by atoms with Crippen LogP contribution in [0.25, 0.3) is 0 Å². The molecule has 31 heavy (non-hydrogen) atoms. The highest BCUT2D eigenvalue weighted by Crippen LogP contribution is 2.41. The number of halogens is 4. The van der Waals surface area contributed by atoms with Gasteiger partial charge < -0.3 is 19.5 Å². The Hall–Kier alpha value is -3.14. The Bertz CT molecular complexity index is 992. The number of esters is 1. The molecule has 0 saturated heterocycles. The number of fused-ring (bicyclic) bond motifs is 1. The van der Waals surface area contributed by atoms with Gasteiger partial charge in [-0.3, -0.25) is 9.59 Å². The third-order valence-corrected chi connectivity index (χ3v) is 4.66. The number of ether oxygens (including phenoxy) is 3. The van der Waals surface area contributed by atoms with Gasteiger partial charge in [-0.15, -0.1) is 0 Å². The highest BCUT2D eigenvalue weighted by Gasteiger charge is 2.38. The highest BCUT2D eigenvalue weighted by molar-refractivity contribution is 5.97. The molecule has 0 fully saturated rings. The summed E-state index contributed by atoms with van der Waals surface area (Å²) >= 11 is 0. The van der Waals surface area contributed by atoms with Gasteiger partial charge in [-0.2, -0.15) is 13.2 Å². The van der Waals surface area contributed by atoms with E-state index in [1.807, 2.05) is 0 Å². The molecule has 3 rings (SSSR count). The van der Waals surface area contributed by atoms with Crippen molar-refractivity contribution in [2.75, 3.05) is 19.0 Å². The van der Waals surface area contributed by atoms with E-state index in [4.69, 9.17) is 14.2 Å². The standard InChI is InChI=1S/C21H19F4NO5/c1-3-30-17(27)10-16-20(28)26-14-8-7-11(21(23,24)25)9-13(14)19(31-16)12-5-4-6-15(29-2)18(12)22/h4-9,16,19H,3,10H2,1-2H3,(H,26,28)/t16-,19-/m0/s1. The molecule has 2 aromatic rings. The second-order valence-corrected chi connectivity index (χ2v) is 6.67. The van der Waals surface area contributed by atoms with Gasteiger partial charge >= 0.3 is 12.1 Å². The molecule has 166 valence electrons. The van der Waals surface area contributed by atoms with Crippen LogP contribution < -0.4 is 10.1 Å². The van der Waals surface area contributed by atoms with Gasteiger partial charge in [0.2, 0.25) is 0 Å². The Balaban J connectivity index is 2.14. The molecule has 1 amide bonds. The largest absolute Gasteiger partial charge is 0.494 e. The summed E-state index contributed by atoms with van der Waals surface area (Å²) in [6.45, 7) is 1.64. The van der Waals surface area contributed by atoms with Gasteiger partial charge in [-0.05, 0) is 31.2 Å². The topological polar surface area (TPSA) is 73.9 Å². The van der Waals surface area contributed by atoms with Gasteiger partial charge in [0, 0.05) is 16.8 Å². The molecule has 0 unspecified atom stereocenters. The Morgan fingerprint density at radius 2 is 1.94 bits per heavy atom. The van der Waals surface area contributed by atoms with Crippen molar-refractivity contribution in [2.45, 2.75) is 31.7 Å². The van der Waals surface area contributed by atoms with Gasteiger partial charge in [0.25, 0.3) is 5.91 Å². The maximum Gasteiger partial charge on any atom is 0.416 e. The van der Waals surface area contributed by atoms with Crippen molar-refractivity contribution in [1.82, 2.24) is 0 Å². The molecule has 0 aromatic heterocycles. The first-order valence-corrected chi connectivity index (χ1v) is 9.31. The van der Waals surface area contributed by atoms with Crippen molar-refractivity contribution in [3.8, 4) is 5.75 Å². The van der Waals surface area contributed by atoms with Crippen molar-refractivity contribution >= 4 is 17.6 Å². The minimum Gasteiger partial charge on any atom is -0.494 e. The molecule has 6 nitrogen and oxygen atoms in total. The molecule has 2 aromatic carbocycles. The van der Waals surface area contributed by atoms with Gasteiger partial charge in [0.05, 0.1) is 25.7 Å². The van der Waals surface area contributed by atoms with Crippen LogP contribution in [0.4, 0.5) is 23.2 Å². The van der Waals surface area contributed by atoms with Crippen LogP contribution in [-0.4, -0.2) is 31.7 Å². The van der Waals surface area contributed by atoms with Crippen molar-refractivity contribution in [3.63, 3.8) is 0 Å². The summed E-state index contributed by atoms with van der Waals surface area (Å²) in [5, 5.41) is 2.45. The first-order chi connectivity index (χ1) is 14.7. The van der Waals surface area contributed by atoms with E-state index in [0.717, 1.165) is 18.2 Å². The summed E-state index contributed by atoms with van der Waals surface area (Å²) < 4.78 is 70.5. The lowest BCUT2D eigenvalue weighted by Gasteiger charge is -2.23. The molecule has 1 heterocycles. The average molecular weight is 441 g/mol. The molecule has 0 spiro atoms. The molecule has 10 heteroatoms. The van der Waals surface area contributed by atoms with Crippen molar-refractivity contribution < 1.29 is 41.4 Å². The first kappa shape index (κ1) is 22.5. The van der Waals surface area contributed by atoms with E-state index in [1.165, 1.54) is 25.3 Å². The van der Waals surface area contributed by atoms with Crippen LogP contribution >= 0.6 is 0 Å². The maximum atomic E-state index is 15.0. The lowest BCUT2D eigenvalue weighted by molar-refractivity contribution is -0.150. The summed E-state index contributed by atoms with van der Waals surface area (Å²) in [5.74, 6) is -2.52. The number of carbonyl (C=O) groups is 2. The number of hydrogen-bond donors (Lipinski definition) is 1. The van der Waals surface area contributed by atoms with Crippen LogP contribution in [0.3, 0.4) is 0 Å². The Labute approximate surface area is 175 Å². The number of benzene rings is 2. The quantitative estimate of drug-likeness (QED) is 0.555. The zero-order valence-electron chi connectivity index (χ0n) is 16.6. The third-order valence-electron chi connectivity index (χ3n) is 4.66. The molecule has 0 radical (unpaired) electrons. The highest BCUT2D eigenvalue weighted by atomic mass is 19.4. The lowest BCUT2D eigenvalue weighted by Crippen LogP contribution is -2.32. The fraction of sp³-hybridized carbons (Fsp3) is 0.333. The molecule has 0 saturated carbocycles. The number of hydrogen-bond acceptors (Lipinski definition) is 5. The van der Waals surface area contributed by atoms with Crippen molar-refractivity contribution in [2.24, 2.45) is 0 Å². The van der Waals surface area contributed by atoms with Gasteiger partial charge in [0.1, 0.15) is 12.2 Å². The van der Waals surface area contributed by atoms with Crippen molar-refractivity contribution in [1.29, 1.82) is 0 Å². The predicted molar refractivity (Wildman–Crippen MR) is 101 cm³/mol. The predicted octanol–water partition coefficient (Wildman–Crippen LogP) is 4.23. The zero-order valence-corrected chi connectivity index (χ0v) is 16.6. The normalized spacial score (nSPS) is 18.6. The second-order valence-electron chi connectivity index (χ2n) is 6.67. The van der Waals surface area contributed by atoms with Crippen LogP contribution in [0, 0.1) is 5.82 Å². The van der Waals surface area contributed by atoms with Gasteiger partial charge in [-0.25, -0.2) is 4.39 Å². The summed E-state index contributed by atoms with van der Waals surface area (Å²) in [6, 6.07) is 6.73. The van der Waals surface area contributed by atoms with Crippen LogP contribution in [0.1, 0.15) is 36.1 Å². The minimum atomic E-state index is -4.67. The minimum absolute atomic E-state index is 0.0107. The first-order valence-electron chi connectivity index (χ1n) is 9.31. The number of nitrogens with one attached hydrogen (secondary N) is 1. The number of amides is 1. The van der Waals surface area contributed by atoms with Crippen LogP contribution in [-0.2, 0) is 25.2 Å². The Morgan fingerprint density at radius 3 is 2.58 bits per heavy atom. The molecular formula is C21H19F4NO5. The summed E-state index contributed by atoms with van der Waals surface area (Å²) in [6.07, 6.45) is -8.02. The Kier molecular flexibility index (Phi) is 6.49. The van der Waals surface area contributed by atoms with E-state index in [0.29, 0.717) is 0 Å². The smallest absolute Gasteiger partial charge is 0.416 e. The fourth-order valence-electron chi connectivity index (χ4n) is 3.22. The van der Waals surface area contributed by atoms with E-state index in [2.05, 4.69) is 5.32 Å². The molecule has 1 N–H and O–H groups in total. The van der Waals surface area contributed by atoms with Crippen LogP contribution in [0.15, 0.2) is 36.4 Å². The lowest BCUT2D eigenvalue weighted by atomic mass is 9.96. The van der Waals surface area contributed by atoms with Gasteiger partial charge in [-0.1, -0.05) is 12.1 Å².